The standard InChI is InChI=1S/C38H65NO15/c1-14-25-38(10)31(53-35(44)54-38)22(6)33(43)47-19(3)16-36(8,45)30(52-34-27(40)24(39(11)12)15-18(2)48-34)20(4)28(21(5)32(42)50-25)51-26-17-37(9,46-13)29(41)23(7)49-26/h18-31,34,40-41,45H,14-17H2,1-13H3/t18-,19-,20+,21-,22+,23+,24+,25+,26+,27-,28+,29+,30+,31-,34+,36-,37-,38-/m1/s1. The lowest BCUT2D eigenvalue weighted by molar-refractivity contribution is -0.318. The van der Waals surface area contributed by atoms with E-state index in [1.807, 2.05) is 25.9 Å². The number of hydrogen-bond acceptors (Lipinski definition) is 16. The highest BCUT2D eigenvalue weighted by Gasteiger charge is 2.59. The molecule has 0 spiro atoms. The zero-order valence-corrected chi connectivity index (χ0v) is 34.2. The third-order valence-corrected chi connectivity index (χ3v) is 12.0. The van der Waals surface area contributed by atoms with E-state index in [0.29, 0.717) is 6.42 Å². The molecule has 16 heteroatoms. The van der Waals surface area contributed by atoms with Gasteiger partial charge in [-0.25, -0.2) is 4.79 Å². The molecular weight excluding hydrogens is 710 g/mol. The first-order chi connectivity index (χ1) is 25.0. The Kier molecular flexibility index (Phi) is 14.1. The van der Waals surface area contributed by atoms with Crippen LogP contribution in [-0.4, -0.2) is 150 Å². The van der Waals surface area contributed by atoms with Crippen LogP contribution in [0.3, 0.4) is 0 Å². The lowest BCUT2D eigenvalue weighted by Crippen LogP contribution is -2.60. The highest BCUT2D eigenvalue weighted by Crippen LogP contribution is 2.42. The Balaban J connectivity index is 1.83. The minimum Gasteiger partial charge on any atom is -0.462 e. The summed E-state index contributed by atoms with van der Waals surface area (Å²) in [5, 5.41) is 34.9. The second-order valence-corrected chi connectivity index (χ2v) is 16.8. The topological polar surface area (TPSA) is 198 Å². The van der Waals surface area contributed by atoms with Crippen LogP contribution < -0.4 is 0 Å². The van der Waals surface area contributed by atoms with Crippen LogP contribution in [-0.2, 0) is 52.2 Å². The molecule has 0 aromatic rings. The maximum atomic E-state index is 14.3. The summed E-state index contributed by atoms with van der Waals surface area (Å²) < 4.78 is 54.4. The number of hydrogen-bond donors (Lipinski definition) is 3. The Hall–Kier alpha value is -2.15. The Bertz CT molecular complexity index is 1320. The third-order valence-electron chi connectivity index (χ3n) is 12.0. The zero-order valence-electron chi connectivity index (χ0n) is 34.2. The van der Waals surface area contributed by atoms with Crippen LogP contribution in [0.25, 0.3) is 0 Å². The monoisotopic (exact) mass is 775 g/mol. The summed E-state index contributed by atoms with van der Waals surface area (Å²) in [7, 11) is 5.18. The molecule has 4 rings (SSSR count). The van der Waals surface area contributed by atoms with Crippen LogP contribution in [0.2, 0.25) is 0 Å². The second-order valence-electron chi connectivity index (χ2n) is 16.8. The van der Waals surface area contributed by atoms with Gasteiger partial charge in [-0.1, -0.05) is 13.8 Å². The number of fused-ring (bicyclic) bond motifs is 1. The van der Waals surface area contributed by atoms with Crippen molar-refractivity contribution in [2.45, 2.75) is 185 Å². The third kappa shape index (κ3) is 9.18. The van der Waals surface area contributed by atoms with E-state index in [0.717, 1.165) is 0 Å². The van der Waals surface area contributed by atoms with E-state index < -0.39 is 114 Å². The lowest BCUT2D eigenvalue weighted by atomic mass is 9.79. The number of cyclic esters (lactones) is 2. The number of aliphatic hydroxyl groups excluding tert-OH is 2. The van der Waals surface area contributed by atoms with Gasteiger partial charge < -0.3 is 62.9 Å². The summed E-state index contributed by atoms with van der Waals surface area (Å²) in [5.41, 5.74) is -4.42. The molecule has 4 aliphatic rings. The first-order valence-electron chi connectivity index (χ1n) is 19.2. The largest absolute Gasteiger partial charge is 0.509 e. The summed E-state index contributed by atoms with van der Waals surface area (Å²) in [4.78, 5) is 42.4. The average Bonchev–Trinajstić information content (AvgIpc) is 3.40. The van der Waals surface area contributed by atoms with E-state index in [4.69, 9.17) is 42.6 Å². The number of ether oxygens (including phenoxy) is 9. The lowest BCUT2D eigenvalue weighted by Gasteiger charge is -2.48. The van der Waals surface area contributed by atoms with Crippen molar-refractivity contribution in [3.05, 3.63) is 0 Å². The highest BCUT2D eigenvalue weighted by molar-refractivity contribution is 5.76. The van der Waals surface area contributed by atoms with Crippen LogP contribution in [0.5, 0.6) is 0 Å². The van der Waals surface area contributed by atoms with Gasteiger partial charge in [0.25, 0.3) is 0 Å². The number of carbonyl (C=O) groups is 3. The van der Waals surface area contributed by atoms with Gasteiger partial charge in [0, 0.05) is 31.9 Å². The zero-order chi connectivity index (χ0) is 40.7. The van der Waals surface area contributed by atoms with Gasteiger partial charge in [-0.2, -0.15) is 0 Å². The molecule has 54 heavy (non-hydrogen) atoms. The van der Waals surface area contributed by atoms with Crippen molar-refractivity contribution in [1.29, 1.82) is 0 Å². The Labute approximate surface area is 319 Å². The molecule has 0 amide bonds. The average molecular weight is 776 g/mol. The SMILES string of the molecule is CC[C@@H]1OC(=O)[C@H](C)[C@@H](O[C@H]2C[C@@](C)(OC)[C@@H](O)[C@H](C)O2)[C@H](C)[C@H](O[C@@H]2O[C@H](C)C[C@H](N(C)C)[C@H]2O)[C@](C)(O)C[C@@H](C)OC(=O)[C@@H](C)[C@H]2OC(=O)O[C@]12C. The van der Waals surface area contributed by atoms with E-state index in [1.54, 1.807) is 48.5 Å². The summed E-state index contributed by atoms with van der Waals surface area (Å²) in [6.45, 7) is 16.6. The number of nitrogens with zero attached hydrogens (tertiary/aromatic N) is 1. The molecular formula is C38H65NO15. The number of aliphatic hydroxyl groups is 3. The minimum atomic E-state index is -1.80. The van der Waals surface area contributed by atoms with Crippen LogP contribution >= 0.6 is 0 Å². The summed E-state index contributed by atoms with van der Waals surface area (Å²) in [5.74, 6) is -4.43. The predicted octanol–water partition coefficient (Wildman–Crippen LogP) is 2.69. The van der Waals surface area contributed by atoms with Crippen molar-refractivity contribution in [3.8, 4) is 0 Å². The molecule has 4 saturated heterocycles. The van der Waals surface area contributed by atoms with E-state index in [-0.39, 0.29) is 31.4 Å². The summed E-state index contributed by atoms with van der Waals surface area (Å²) in [6.07, 6.45) is -11.1. The first-order valence-corrected chi connectivity index (χ1v) is 19.2. The number of carbonyl (C=O) groups excluding carboxylic acids is 3. The molecule has 0 aromatic carbocycles. The number of rotatable bonds is 7. The molecule has 0 aromatic heterocycles. The van der Waals surface area contributed by atoms with E-state index in [2.05, 4.69) is 0 Å². The van der Waals surface area contributed by atoms with Gasteiger partial charge in [-0.3, -0.25) is 9.59 Å². The Morgan fingerprint density at radius 3 is 2.07 bits per heavy atom. The van der Waals surface area contributed by atoms with Gasteiger partial charge in [0.15, 0.2) is 24.3 Å². The molecule has 0 saturated carbocycles. The molecule has 18 atom stereocenters. The Morgan fingerprint density at radius 1 is 0.852 bits per heavy atom. The molecule has 4 aliphatic heterocycles. The van der Waals surface area contributed by atoms with Crippen LogP contribution in [0.15, 0.2) is 0 Å². The number of likely N-dealkylation sites (N-methyl/N-ethyl adjacent to an activating group) is 1. The van der Waals surface area contributed by atoms with Gasteiger partial charge >= 0.3 is 18.1 Å². The molecule has 3 N–H and O–H groups in total. The van der Waals surface area contributed by atoms with Gasteiger partial charge in [-0.05, 0) is 82.3 Å². The Morgan fingerprint density at radius 2 is 1.48 bits per heavy atom. The molecule has 0 radical (unpaired) electrons. The van der Waals surface area contributed by atoms with Crippen molar-refractivity contribution in [2.75, 3.05) is 21.2 Å². The predicted molar refractivity (Wildman–Crippen MR) is 191 cm³/mol. The minimum absolute atomic E-state index is 0.0872. The van der Waals surface area contributed by atoms with Crippen molar-refractivity contribution in [3.63, 3.8) is 0 Å². The van der Waals surface area contributed by atoms with Gasteiger partial charge in [0.1, 0.15) is 24.4 Å². The fraction of sp³-hybridized carbons (Fsp3) is 0.921. The molecule has 0 unspecified atom stereocenters. The second kappa shape index (κ2) is 17.1. The molecule has 4 heterocycles. The van der Waals surface area contributed by atoms with Crippen LogP contribution in [0.1, 0.15) is 94.9 Å². The molecule has 312 valence electrons. The number of esters is 2. The van der Waals surface area contributed by atoms with E-state index in [9.17, 15) is 29.7 Å². The van der Waals surface area contributed by atoms with Crippen molar-refractivity contribution in [2.24, 2.45) is 17.8 Å². The van der Waals surface area contributed by atoms with Crippen molar-refractivity contribution >= 4 is 18.1 Å². The first kappa shape index (κ1) is 44.6. The molecule has 16 nitrogen and oxygen atoms in total. The maximum absolute atomic E-state index is 14.3. The fourth-order valence-corrected chi connectivity index (χ4v) is 8.76. The molecule has 4 fully saturated rings. The van der Waals surface area contributed by atoms with Crippen molar-refractivity contribution in [1.82, 2.24) is 4.90 Å². The van der Waals surface area contributed by atoms with Gasteiger partial charge in [0.05, 0.1) is 47.5 Å². The normalized spacial score (nSPS) is 48.5. The van der Waals surface area contributed by atoms with Gasteiger partial charge in [0.2, 0.25) is 0 Å². The van der Waals surface area contributed by atoms with Crippen LogP contribution in [0, 0.1) is 17.8 Å². The maximum Gasteiger partial charge on any atom is 0.509 e. The van der Waals surface area contributed by atoms with E-state index in [1.165, 1.54) is 21.0 Å². The molecule has 0 bridgehead atoms. The van der Waals surface area contributed by atoms with Gasteiger partial charge in [-0.15, -0.1) is 0 Å². The van der Waals surface area contributed by atoms with Crippen molar-refractivity contribution < 1.29 is 72.3 Å². The van der Waals surface area contributed by atoms with Crippen LogP contribution in [0.4, 0.5) is 4.79 Å². The fourth-order valence-electron chi connectivity index (χ4n) is 8.76. The summed E-state index contributed by atoms with van der Waals surface area (Å²) in [6, 6.07) is -0.332. The number of methoxy groups -OCH3 is 1. The smallest absolute Gasteiger partial charge is 0.462 e. The highest BCUT2D eigenvalue weighted by atomic mass is 16.8. The molecule has 0 aliphatic carbocycles. The quantitative estimate of drug-likeness (QED) is 0.252. The summed E-state index contributed by atoms with van der Waals surface area (Å²) >= 11 is 0. The van der Waals surface area contributed by atoms with E-state index >= 15 is 0 Å².